The number of carboxylic acid groups (broad SMARTS) is 1. The molecule has 5 aliphatic rings. The largest absolute Gasteiger partial charge is 0.478 e. The normalized spacial score (nSPS) is 29.9. The quantitative estimate of drug-likeness (QED) is 0.366. The molecule has 1 saturated heterocycles. The SMILES string of the molecule is O=C(O)c1ccc(Cl)c(-c2ccc(/C=C3\SC(=S)N(NC(=O)C45CC6CC(CC(C6)C4)C5)C3=O)o2)c1. The molecule has 1 aromatic carbocycles. The first kappa shape index (κ1) is 23.8. The minimum Gasteiger partial charge on any atom is -0.478 e. The number of amides is 2. The molecular formula is C26H23ClN2O5S2. The molecule has 2 aromatic rings. The molecule has 2 amide bonds. The van der Waals surface area contributed by atoms with Gasteiger partial charge >= 0.3 is 5.97 Å². The van der Waals surface area contributed by atoms with Gasteiger partial charge in [0.2, 0.25) is 5.91 Å². The number of hydrogen-bond donors (Lipinski definition) is 2. The number of carboxylic acids is 1. The summed E-state index contributed by atoms with van der Waals surface area (Å²) in [6, 6.07) is 7.68. The van der Waals surface area contributed by atoms with Crippen LogP contribution in [0.2, 0.25) is 5.02 Å². The second-order valence-corrected chi connectivity index (χ2v) is 12.4. The van der Waals surface area contributed by atoms with E-state index in [2.05, 4.69) is 5.43 Å². The molecule has 1 aromatic heterocycles. The van der Waals surface area contributed by atoms with Gasteiger partial charge in [-0.1, -0.05) is 23.4 Å². The average Bonchev–Trinajstić information content (AvgIpc) is 3.38. The molecule has 0 radical (unpaired) electrons. The number of hydrazine groups is 1. The number of thiocarbonyl (C=S) groups is 1. The van der Waals surface area contributed by atoms with Crippen molar-refractivity contribution >= 4 is 63.8 Å². The molecule has 1 aliphatic heterocycles. The third-order valence-electron chi connectivity index (χ3n) is 7.91. The lowest BCUT2D eigenvalue weighted by molar-refractivity contribution is -0.152. The Hall–Kier alpha value is -2.62. The Morgan fingerprint density at radius 2 is 1.81 bits per heavy atom. The van der Waals surface area contributed by atoms with E-state index in [0.29, 0.717) is 44.8 Å². The smallest absolute Gasteiger partial charge is 0.335 e. The van der Waals surface area contributed by atoms with Crippen molar-refractivity contribution in [3.8, 4) is 11.3 Å². The van der Waals surface area contributed by atoms with Crippen LogP contribution in [0.3, 0.4) is 0 Å². The van der Waals surface area contributed by atoms with E-state index in [4.69, 9.17) is 28.2 Å². The van der Waals surface area contributed by atoms with Gasteiger partial charge in [0.1, 0.15) is 11.5 Å². The summed E-state index contributed by atoms with van der Waals surface area (Å²) in [6.07, 6.45) is 7.95. The van der Waals surface area contributed by atoms with Gasteiger partial charge < -0.3 is 9.52 Å². The van der Waals surface area contributed by atoms with Gasteiger partial charge in [0, 0.05) is 11.6 Å². The van der Waals surface area contributed by atoms with Crippen molar-refractivity contribution in [2.24, 2.45) is 23.2 Å². The Morgan fingerprint density at radius 1 is 1.14 bits per heavy atom. The molecule has 2 N–H and O–H groups in total. The van der Waals surface area contributed by atoms with Crippen LogP contribution in [0.4, 0.5) is 0 Å². The lowest BCUT2D eigenvalue weighted by Crippen LogP contribution is -2.57. The van der Waals surface area contributed by atoms with Crippen molar-refractivity contribution in [2.75, 3.05) is 0 Å². The number of nitrogens with zero attached hydrogens (tertiary/aromatic N) is 1. The maximum absolute atomic E-state index is 13.4. The van der Waals surface area contributed by atoms with Gasteiger partial charge in [-0.2, -0.15) is 5.01 Å². The fourth-order valence-corrected chi connectivity index (χ4v) is 8.09. The maximum atomic E-state index is 13.4. The van der Waals surface area contributed by atoms with E-state index in [0.717, 1.165) is 31.0 Å². The average molecular weight is 543 g/mol. The van der Waals surface area contributed by atoms with Gasteiger partial charge in [0.25, 0.3) is 5.91 Å². The summed E-state index contributed by atoms with van der Waals surface area (Å²) in [5.74, 6) is 1.05. The Labute approximate surface area is 222 Å². The van der Waals surface area contributed by atoms with Gasteiger partial charge in [0.05, 0.1) is 20.9 Å². The molecule has 4 saturated carbocycles. The molecule has 7 rings (SSSR count). The minimum atomic E-state index is -1.07. The number of benzene rings is 1. The molecule has 186 valence electrons. The van der Waals surface area contributed by atoms with Crippen molar-refractivity contribution < 1.29 is 23.9 Å². The number of carbonyl (C=O) groups is 3. The number of hydrogen-bond acceptors (Lipinski definition) is 6. The van der Waals surface area contributed by atoms with Crippen LogP contribution >= 0.6 is 35.6 Å². The second kappa shape index (κ2) is 8.75. The summed E-state index contributed by atoms with van der Waals surface area (Å²) in [5.41, 5.74) is 2.98. The van der Waals surface area contributed by atoms with Crippen molar-refractivity contribution in [2.45, 2.75) is 38.5 Å². The van der Waals surface area contributed by atoms with Crippen LogP contribution < -0.4 is 5.43 Å². The topological polar surface area (TPSA) is 99.9 Å². The molecule has 5 fully saturated rings. The monoisotopic (exact) mass is 542 g/mol. The number of furan rings is 1. The summed E-state index contributed by atoms with van der Waals surface area (Å²) >= 11 is 12.8. The van der Waals surface area contributed by atoms with Crippen LogP contribution in [0.25, 0.3) is 17.4 Å². The molecule has 4 bridgehead atoms. The van der Waals surface area contributed by atoms with Gasteiger partial charge in [-0.15, -0.1) is 0 Å². The van der Waals surface area contributed by atoms with Crippen molar-refractivity contribution in [3.05, 3.63) is 51.6 Å². The predicted octanol–water partition coefficient (Wildman–Crippen LogP) is 5.75. The van der Waals surface area contributed by atoms with E-state index < -0.39 is 11.9 Å². The van der Waals surface area contributed by atoms with E-state index in [-0.39, 0.29) is 21.2 Å². The van der Waals surface area contributed by atoms with Crippen LogP contribution in [-0.4, -0.2) is 32.2 Å². The minimum absolute atomic E-state index is 0.0861. The number of halogens is 1. The highest BCUT2D eigenvalue weighted by Gasteiger charge is 2.55. The van der Waals surface area contributed by atoms with Gasteiger partial charge in [-0.25, -0.2) is 4.79 Å². The number of carbonyl (C=O) groups excluding carboxylic acids is 2. The highest BCUT2D eigenvalue weighted by Crippen LogP contribution is 2.60. The van der Waals surface area contributed by atoms with Crippen LogP contribution in [0.15, 0.2) is 39.7 Å². The molecule has 2 heterocycles. The predicted molar refractivity (Wildman–Crippen MR) is 140 cm³/mol. The number of rotatable bonds is 5. The summed E-state index contributed by atoms with van der Waals surface area (Å²) in [4.78, 5) is 38.2. The van der Waals surface area contributed by atoms with Crippen LogP contribution in [0.1, 0.15) is 54.6 Å². The van der Waals surface area contributed by atoms with Crippen molar-refractivity contribution in [3.63, 3.8) is 0 Å². The zero-order valence-corrected chi connectivity index (χ0v) is 21.5. The molecule has 4 aliphatic carbocycles. The Balaban J connectivity index is 1.19. The first-order valence-electron chi connectivity index (χ1n) is 11.9. The summed E-state index contributed by atoms with van der Waals surface area (Å²) in [6.45, 7) is 0. The van der Waals surface area contributed by atoms with E-state index in [1.54, 1.807) is 18.2 Å². The molecule has 0 spiro atoms. The van der Waals surface area contributed by atoms with Crippen molar-refractivity contribution in [1.29, 1.82) is 0 Å². The number of thioether (sulfide) groups is 1. The first-order chi connectivity index (χ1) is 17.2. The fraction of sp³-hybridized carbons (Fsp3) is 0.385. The van der Waals surface area contributed by atoms with E-state index in [1.807, 2.05) is 0 Å². The fourth-order valence-electron chi connectivity index (χ4n) is 6.72. The first-order valence-corrected chi connectivity index (χ1v) is 13.5. The second-order valence-electron chi connectivity index (χ2n) is 10.4. The van der Waals surface area contributed by atoms with E-state index >= 15 is 0 Å². The van der Waals surface area contributed by atoms with Gasteiger partial charge in [-0.05, 0) is 98.8 Å². The maximum Gasteiger partial charge on any atom is 0.335 e. The zero-order chi connectivity index (χ0) is 25.2. The molecule has 10 heteroatoms. The Morgan fingerprint density at radius 3 is 2.44 bits per heavy atom. The van der Waals surface area contributed by atoms with Crippen LogP contribution in [0, 0.1) is 23.2 Å². The van der Waals surface area contributed by atoms with Crippen LogP contribution in [0.5, 0.6) is 0 Å². The van der Waals surface area contributed by atoms with Gasteiger partial charge in [-0.3, -0.25) is 15.0 Å². The third-order valence-corrected chi connectivity index (χ3v) is 9.54. The summed E-state index contributed by atoms with van der Waals surface area (Å²) < 4.78 is 6.11. The Kier molecular flexibility index (Phi) is 5.77. The lowest BCUT2D eigenvalue weighted by Gasteiger charge is -2.55. The lowest BCUT2D eigenvalue weighted by atomic mass is 9.49. The van der Waals surface area contributed by atoms with Gasteiger partial charge in [0.15, 0.2) is 4.32 Å². The molecule has 7 nitrogen and oxygen atoms in total. The molecular weight excluding hydrogens is 520 g/mol. The van der Waals surface area contributed by atoms with E-state index in [1.165, 1.54) is 42.5 Å². The highest BCUT2D eigenvalue weighted by atomic mass is 35.5. The number of nitrogens with one attached hydrogen (secondary N) is 1. The molecule has 0 atom stereocenters. The van der Waals surface area contributed by atoms with E-state index in [9.17, 15) is 19.5 Å². The van der Waals surface area contributed by atoms with Crippen LogP contribution in [-0.2, 0) is 9.59 Å². The van der Waals surface area contributed by atoms with Crippen molar-refractivity contribution in [1.82, 2.24) is 10.4 Å². The molecule has 0 unspecified atom stereocenters. The standard InChI is InChI=1S/C26H23ClN2O5S2/c27-19-3-1-16(23(31)32)8-18(19)20-4-2-17(34-20)9-21-22(30)29(25(35)36-21)28-24(33)26-10-13-5-14(11-26)7-15(6-13)12-26/h1-4,8-9,13-15H,5-7,10-12H2,(H,28,33)(H,31,32)/b21-9-. The summed E-state index contributed by atoms with van der Waals surface area (Å²) in [5, 5.41) is 10.8. The zero-order valence-electron chi connectivity index (χ0n) is 19.2. The Bertz CT molecular complexity index is 1310. The summed E-state index contributed by atoms with van der Waals surface area (Å²) in [7, 11) is 0. The third kappa shape index (κ3) is 4.07. The molecule has 36 heavy (non-hydrogen) atoms. The number of aromatic carboxylic acids is 1. The highest BCUT2D eigenvalue weighted by molar-refractivity contribution is 8.26.